The Morgan fingerprint density at radius 1 is 1.26 bits per heavy atom. The molecule has 1 aromatic heterocycles. The Hall–Kier alpha value is -2.24. The Kier molecular flexibility index (Phi) is 5.00. The summed E-state index contributed by atoms with van der Waals surface area (Å²) in [7, 11) is 0. The van der Waals surface area contributed by atoms with E-state index in [0.717, 1.165) is 17.0 Å². The third-order valence-corrected chi connectivity index (χ3v) is 4.51. The van der Waals surface area contributed by atoms with E-state index in [1.807, 2.05) is 0 Å². The van der Waals surface area contributed by atoms with Gasteiger partial charge in [-0.05, 0) is 30.9 Å². The minimum Gasteiger partial charge on any atom is -0.354 e. The molecule has 0 spiro atoms. The molecular formula is C17H22N4O2. The van der Waals surface area contributed by atoms with Crippen LogP contribution in [0.5, 0.6) is 0 Å². The molecule has 2 aromatic rings. The Bertz CT molecular complexity index is 735. The standard InChI is InChI=1S/C17H22N4O2/c22-16(18-11-5-8-13-6-1-2-7-13)12-21-17(23)14-9-3-4-10-15(14)19-20-21/h3-4,9-10,13H,1-2,5-8,11-12H2,(H,18,22). The molecule has 1 fully saturated rings. The van der Waals surface area contributed by atoms with E-state index < -0.39 is 0 Å². The first-order valence-corrected chi connectivity index (χ1v) is 8.33. The second kappa shape index (κ2) is 7.35. The van der Waals surface area contributed by atoms with Crippen molar-refractivity contribution in [2.45, 2.75) is 45.1 Å². The summed E-state index contributed by atoms with van der Waals surface area (Å²) in [5, 5.41) is 11.2. The highest BCUT2D eigenvalue weighted by Crippen LogP contribution is 2.28. The predicted octanol–water partition coefficient (Wildman–Crippen LogP) is 1.88. The third kappa shape index (κ3) is 3.94. The van der Waals surface area contributed by atoms with Crippen LogP contribution >= 0.6 is 0 Å². The van der Waals surface area contributed by atoms with Gasteiger partial charge in [-0.25, -0.2) is 4.68 Å². The number of amides is 1. The van der Waals surface area contributed by atoms with Gasteiger partial charge in [-0.1, -0.05) is 43.0 Å². The maximum Gasteiger partial charge on any atom is 0.278 e. The first kappa shape index (κ1) is 15.6. The van der Waals surface area contributed by atoms with Gasteiger partial charge >= 0.3 is 0 Å². The van der Waals surface area contributed by atoms with Gasteiger partial charge in [0.15, 0.2) is 0 Å². The quantitative estimate of drug-likeness (QED) is 0.826. The molecule has 1 aliphatic carbocycles. The summed E-state index contributed by atoms with van der Waals surface area (Å²) in [6, 6.07) is 7.01. The van der Waals surface area contributed by atoms with Gasteiger partial charge in [-0.15, -0.1) is 5.10 Å². The lowest BCUT2D eigenvalue weighted by atomic mass is 10.0. The second-order valence-electron chi connectivity index (χ2n) is 6.21. The van der Waals surface area contributed by atoms with Crippen molar-refractivity contribution in [1.29, 1.82) is 0 Å². The van der Waals surface area contributed by atoms with Crippen LogP contribution in [0.1, 0.15) is 38.5 Å². The zero-order chi connectivity index (χ0) is 16.1. The molecule has 1 aliphatic rings. The Morgan fingerprint density at radius 2 is 2.04 bits per heavy atom. The molecule has 0 unspecified atom stereocenters. The Labute approximate surface area is 134 Å². The van der Waals surface area contributed by atoms with Gasteiger partial charge in [-0.2, -0.15) is 0 Å². The maximum absolute atomic E-state index is 12.2. The monoisotopic (exact) mass is 314 g/mol. The summed E-state index contributed by atoms with van der Waals surface area (Å²) in [5.41, 5.74) is 0.266. The number of carbonyl (C=O) groups is 1. The van der Waals surface area contributed by atoms with Gasteiger partial charge in [0.1, 0.15) is 12.1 Å². The van der Waals surface area contributed by atoms with Gasteiger partial charge in [0.25, 0.3) is 5.56 Å². The lowest BCUT2D eigenvalue weighted by Gasteiger charge is -2.09. The molecule has 0 atom stereocenters. The van der Waals surface area contributed by atoms with Crippen LogP contribution < -0.4 is 10.9 Å². The number of nitrogens with zero attached hydrogens (tertiary/aromatic N) is 3. The SMILES string of the molecule is O=C(Cn1nnc2ccccc2c1=O)NCCCC1CCCC1. The van der Waals surface area contributed by atoms with E-state index in [1.165, 1.54) is 32.1 Å². The zero-order valence-electron chi connectivity index (χ0n) is 13.2. The van der Waals surface area contributed by atoms with Gasteiger partial charge in [-0.3, -0.25) is 9.59 Å². The highest BCUT2D eigenvalue weighted by atomic mass is 16.2. The second-order valence-corrected chi connectivity index (χ2v) is 6.21. The van der Waals surface area contributed by atoms with Crippen molar-refractivity contribution in [2.75, 3.05) is 6.54 Å². The van der Waals surface area contributed by atoms with Crippen molar-refractivity contribution in [2.24, 2.45) is 5.92 Å². The lowest BCUT2D eigenvalue weighted by Crippen LogP contribution is -2.34. The highest BCUT2D eigenvalue weighted by Gasteiger charge is 2.14. The molecule has 23 heavy (non-hydrogen) atoms. The summed E-state index contributed by atoms with van der Waals surface area (Å²) >= 11 is 0. The smallest absolute Gasteiger partial charge is 0.278 e. The van der Waals surface area contributed by atoms with E-state index in [9.17, 15) is 9.59 Å². The van der Waals surface area contributed by atoms with Crippen LogP contribution in [0.25, 0.3) is 10.9 Å². The number of benzene rings is 1. The fraction of sp³-hybridized carbons (Fsp3) is 0.529. The average Bonchev–Trinajstić information content (AvgIpc) is 3.08. The van der Waals surface area contributed by atoms with E-state index in [4.69, 9.17) is 0 Å². The van der Waals surface area contributed by atoms with Crippen LogP contribution in [0.2, 0.25) is 0 Å². The molecule has 122 valence electrons. The molecule has 3 rings (SSSR count). The van der Waals surface area contributed by atoms with Crippen molar-refractivity contribution in [1.82, 2.24) is 20.3 Å². The van der Waals surface area contributed by atoms with E-state index in [1.54, 1.807) is 24.3 Å². The lowest BCUT2D eigenvalue weighted by molar-refractivity contribution is -0.121. The molecule has 0 aliphatic heterocycles. The minimum atomic E-state index is -0.281. The molecule has 6 heteroatoms. The number of nitrogens with one attached hydrogen (secondary N) is 1. The molecule has 1 heterocycles. The number of rotatable bonds is 6. The predicted molar refractivity (Wildman–Crippen MR) is 88.0 cm³/mol. The maximum atomic E-state index is 12.2. The van der Waals surface area contributed by atoms with Crippen LogP contribution in [0, 0.1) is 5.92 Å². The van der Waals surface area contributed by atoms with Crippen LogP contribution in [-0.4, -0.2) is 27.4 Å². The molecular weight excluding hydrogens is 292 g/mol. The van der Waals surface area contributed by atoms with Gasteiger partial charge in [0.2, 0.25) is 5.91 Å². The van der Waals surface area contributed by atoms with Crippen molar-refractivity contribution < 1.29 is 4.79 Å². The summed E-state index contributed by atoms with van der Waals surface area (Å²) in [4.78, 5) is 24.2. The molecule has 1 N–H and O–H groups in total. The van der Waals surface area contributed by atoms with Crippen LogP contribution in [0.4, 0.5) is 0 Å². The van der Waals surface area contributed by atoms with Crippen LogP contribution in [0.15, 0.2) is 29.1 Å². The van der Waals surface area contributed by atoms with Gasteiger partial charge in [0, 0.05) is 6.54 Å². The number of hydrogen-bond acceptors (Lipinski definition) is 4. The Morgan fingerprint density at radius 3 is 2.87 bits per heavy atom. The largest absolute Gasteiger partial charge is 0.354 e. The molecule has 6 nitrogen and oxygen atoms in total. The van der Waals surface area contributed by atoms with E-state index in [0.29, 0.717) is 17.4 Å². The van der Waals surface area contributed by atoms with Crippen molar-refractivity contribution in [3.05, 3.63) is 34.6 Å². The normalized spacial score (nSPS) is 15.1. The zero-order valence-corrected chi connectivity index (χ0v) is 13.2. The molecule has 0 saturated heterocycles. The fourth-order valence-corrected chi connectivity index (χ4v) is 3.24. The minimum absolute atomic E-state index is 0.0832. The van der Waals surface area contributed by atoms with E-state index in [2.05, 4.69) is 15.6 Å². The van der Waals surface area contributed by atoms with E-state index in [-0.39, 0.29) is 18.0 Å². The van der Waals surface area contributed by atoms with Gasteiger partial charge < -0.3 is 5.32 Å². The van der Waals surface area contributed by atoms with Crippen molar-refractivity contribution in [3.8, 4) is 0 Å². The molecule has 1 saturated carbocycles. The molecule has 1 aromatic carbocycles. The van der Waals surface area contributed by atoms with Crippen molar-refractivity contribution in [3.63, 3.8) is 0 Å². The summed E-state index contributed by atoms with van der Waals surface area (Å²) < 4.78 is 1.12. The van der Waals surface area contributed by atoms with Crippen LogP contribution in [-0.2, 0) is 11.3 Å². The topological polar surface area (TPSA) is 76.9 Å². The highest BCUT2D eigenvalue weighted by molar-refractivity contribution is 5.78. The number of carbonyl (C=O) groups excluding carboxylic acids is 1. The van der Waals surface area contributed by atoms with Gasteiger partial charge in [0.05, 0.1) is 5.39 Å². The van der Waals surface area contributed by atoms with Crippen molar-refractivity contribution >= 4 is 16.8 Å². The van der Waals surface area contributed by atoms with E-state index >= 15 is 0 Å². The first-order chi connectivity index (χ1) is 11.2. The average molecular weight is 314 g/mol. The summed E-state index contributed by atoms with van der Waals surface area (Å²) in [6.07, 6.45) is 7.53. The molecule has 0 radical (unpaired) electrons. The van der Waals surface area contributed by atoms with Crippen LogP contribution in [0.3, 0.4) is 0 Å². The number of fused-ring (bicyclic) bond motifs is 1. The number of hydrogen-bond donors (Lipinski definition) is 1. The fourth-order valence-electron chi connectivity index (χ4n) is 3.24. The summed E-state index contributed by atoms with van der Waals surface area (Å²) in [6.45, 7) is 0.575. The summed E-state index contributed by atoms with van der Waals surface area (Å²) in [5.74, 6) is 0.643. The third-order valence-electron chi connectivity index (χ3n) is 4.51. The molecule has 0 bridgehead atoms. The number of aromatic nitrogens is 3. The first-order valence-electron chi connectivity index (χ1n) is 8.33. The Balaban J connectivity index is 1.51. The molecule has 1 amide bonds.